The molecule has 3 nitrogen and oxygen atoms in total. The Morgan fingerprint density at radius 2 is 1.40 bits per heavy atom. The zero-order valence-electron chi connectivity index (χ0n) is 11.6. The SMILES string of the molecule is CCOC(=O)c1ccccc1-c1ccccc1C(C)=O. The van der Waals surface area contributed by atoms with Crippen molar-refractivity contribution in [3.63, 3.8) is 0 Å². The fourth-order valence-electron chi connectivity index (χ4n) is 2.13. The van der Waals surface area contributed by atoms with Gasteiger partial charge in [0.25, 0.3) is 0 Å². The Labute approximate surface area is 118 Å². The van der Waals surface area contributed by atoms with E-state index in [0.29, 0.717) is 17.7 Å². The molecule has 0 aliphatic rings. The predicted molar refractivity (Wildman–Crippen MR) is 77.8 cm³/mol. The first kappa shape index (κ1) is 14.0. The topological polar surface area (TPSA) is 43.4 Å². The molecule has 0 radical (unpaired) electrons. The monoisotopic (exact) mass is 268 g/mol. The maximum Gasteiger partial charge on any atom is 0.338 e. The molecule has 0 aliphatic heterocycles. The van der Waals surface area contributed by atoms with Crippen molar-refractivity contribution in [2.75, 3.05) is 6.61 Å². The van der Waals surface area contributed by atoms with E-state index >= 15 is 0 Å². The molecule has 0 saturated carbocycles. The number of hydrogen-bond donors (Lipinski definition) is 0. The molecule has 0 N–H and O–H groups in total. The van der Waals surface area contributed by atoms with Gasteiger partial charge in [0, 0.05) is 5.56 Å². The fourth-order valence-corrected chi connectivity index (χ4v) is 2.13. The number of benzene rings is 2. The minimum atomic E-state index is -0.374. The number of hydrogen-bond acceptors (Lipinski definition) is 3. The first-order valence-corrected chi connectivity index (χ1v) is 6.51. The van der Waals surface area contributed by atoms with E-state index < -0.39 is 0 Å². The highest BCUT2D eigenvalue weighted by Crippen LogP contribution is 2.28. The van der Waals surface area contributed by atoms with Gasteiger partial charge in [-0.3, -0.25) is 4.79 Å². The Bertz CT molecular complexity index is 644. The lowest BCUT2D eigenvalue weighted by Crippen LogP contribution is -2.07. The summed E-state index contributed by atoms with van der Waals surface area (Å²) in [6.45, 7) is 3.61. The van der Waals surface area contributed by atoms with Crippen LogP contribution in [0.25, 0.3) is 11.1 Å². The first-order chi connectivity index (χ1) is 9.65. The smallest absolute Gasteiger partial charge is 0.338 e. The van der Waals surface area contributed by atoms with Crippen molar-refractivity contribution in [3.05, 3.63) is 59.7 Å². The summed E-state index contributed by atoms with van der Waals surface area (Å²) in [5.41, 5.74) is 2.55. The van der Waals surface area contributed by atoms with Crippen molar-refractivity contribution >= 4 is 11.8 Å². The van der Waals surface area contributed by atoms with Crippen LogP contribution in [0.1, 0.15) is 34.6 Å². The molecule has 0 fully saturated rings. The van der Waals surface area contributed by atoms with Crippen LogP contribution in [0.4, 0.5) is 0 Å². The average molecular weight is 268 g/mol. The molecule has 0 aromatic heterocycles. The van der Waals surface area contributed by atoms with Gasteiger partial charge in [-0.05, 0) is 31.0 Å². The van der Waals surface area contributed by atoms with Crippen molar-refractivity contribution in [2.45, 2.75) is 13.8 Å². The molecule has 0 atom stereocenters. The van der Waals surface area contributed by atoms with Crippen LogP contribution in [-0.2, 0) is 4.74 Å². The summed E-state index contributed by atoms with van der Waals surface area (Å²) in [6, 6.07) is 14.4. The van der Waals surface area contributed by atoms with Gasteiger partial charge in [-0.15, -0.1) is 0 Å². The lowest BCUT2D eigenvalue weighted by atomic mass is 9.94. The van der Waals surface area contributed by atoms with E-state index in [1.165, 1.54) is 6.92 Å². The van der Waals surface area contributed by atoms with Gasteiger partial charge in [0.1, 0.15) is 0 Å². The number of rotatable bonds is 4. The van der Waals surface area contributed by atoms with E-state index in [9.17, 15) is 9.59 Å². The number of Topliss-reactive ketones (excluding diaryl/α,β-unsaturated/α-hetero) is 1. The number of ether oxygens (including phenoxy) is 1. The van der Waals surface area contributed by atoms with Crippen LogP contribution in [0.15, 0.2) is 48.5 Å². The maximum absolute atomic E-state index is 12.0. The highest BCUT2D eigenvalue weighted by molar-refractivity contribution is 6.04. The van der Waals surface area contributed by atoms with Gasteiger partial charge in [0.15, 0.2) is 5.78 Å². The molecule has 0 aliphatic carbocycles. The summed E-state index contributed by atoms with van der Waals surface area (Å²) in [4.78, 5) is 23.7. The second-order valence-corrected chi connectivity index (χ2v) is 4.37. The molecule has 0 unspecified atom stereocenters. The molecule has 102 valence electrons. The van der Waals surface area contributed by atoms with Crippen molar-refractivity contribution in [1.29, 1.82) is 0 Å². The third kappa shape index (κ3) is 2.77. The maximum atomic E-state index is 12.0. The second kappa shape index (κ2) is 6.15. The van der Waals surface area contributed by atoms with Gasteiger partial charge < -0.3 is 4.74 Å². The fraction of sp³-hybridized carbons (Fsp3) is 0.176. The molecular weight excluding hydrogens is 252 g/mol. The van der Waals surface area contributed by atoms with Crippen molar-refractivity contribution in [1.82, 2.24) is 0 Å². The summed E-state index contributed by atoms with van der Waals surface area (Å²) in [6.07, 6.45) is 0. The minimum absolute atomic E-state index is 0.0285. The number of ketones is 1. The van der Waals surface area contributed by atoms with Crippen LogP contribution in [0.3, 0.4) is 0 Å². The summed E-state index contributed by atoms with van der Waals surface area (Å²) in [5.74, 6) is -0.402. The summed E-state index contributed by atoms with van der Waals surface area (Å²) in [5, 5.41) is 0. The molecule has 0 heterocycles. The lowest BCUT2D eigenvalue weighted by molar-refractivity contribution is 0.0527. The van der Waals surface area contributed by atoms with E-state index in [2.05, 4.69) is 0 Å². The normalized spacial score (nSPS) is 10.1. The Hall–Kier alpha value is -2.42. The van der Waals surface area contributed by atoms with Crippen molar-refractivity contribution < 1.29 is 14.3 Å². The van der Waals surface area contributed by atoms with Crippen molar-refractivity contribution in [2.24, 2.45) is 0 Å². The van der Waals surface area contributed by atoms with Crippen LogP contribution in [0, 0.1) is 0 Å². The van der Waals surface area contributed by atoms with Gasteiger partial charge in [0.05, 0.1) is 12.2 Å². The predicted octanol–water partition coefficient (Wildman–Crippen LogP) is 3.73. The Balaban J connectivity index is 2.59. The molecule has 0 bridgehead atoms. The largest absolute Gasteiger partial charge is 0.462 e. The summed E-state index contributed by atoms with van der Waals surface area (Å²) >= 11 is 0. The molecule has 0 spiro atoms. The standard InChI is InChI=1S/C17H16O3/c1-3-20-17(19)16-11-7-6-10-15(16)14-9-5-4-8-13(14)12(2)18/h4-11H,3H2,1-2H3. The quantitative estimate of drug-likeness (QED) is 0.626. The van der Waals surface area contributed by atoms with E-state index in [4.69, 9.17) is 4.74 Å². The average Bonchev–Trinajstić information content (AvgIpc) is 2.47. The van der Waals surface area contributed by atoms with Gasteiger partial charge >= 0.3 is 5.97 Å². The molecule has 2 aromatic rings. The van der Waals surface area contributed by atoms with E-state index in [1.54, 1.807) is 25.1 Å². The molecular formula is C17H16O3. The second-order valence-electron chi connectivity index (χ2n) is 4.37. The van der Waals surface area contributed by atoms with Crippen LogP contribution >= 0.6 is 0 Å². The first-order valence-electron chi connectivity index (χ1n) is 6.51. The number of carbonyl (C=O) groups is 2. The Morgan fingerprint density at radius 3 is 1.95 bits per heavy atom. The molecule has 2 aromatic carbocycles. The lowest BCUT2D eigenvalue weighted by Gasteiger charge is -2.11. The molecule has 0 saturated heterocycles. The molecule has 3 heteroatoms. The van der Waals surface area contributed by atoms with Crippen molar-refractivity contribution in [3.8, 4) is 11.1 Å². The van der Waals surface area contributed by atoms with E-state index in [-0.39, 0.29) is 11.8 Å². The van der Waals surface area contributed by atoms with Crippen LogP contribution in [0.2, 0.25) is 0 Å². The summed E-state index contributed by atoms with van der Waals surface area (Å²) < 4.78 is 5.07. The zero-order valence-corrected chi connectivity index (χ0v) is 11.6. The Morgan fingerprint density at radius 1 is 0.900 bits per heavy atom. The van der Waals surface area contributed by atoms with Gasteiger partial charge in [0.2, 0.25) is 0 Å². The number of esters is 1. The van der Waals surface area contributed by atoms with Crippen LogP contribution < -0.4 is 0 Å². The van der Waals surface area contributed by atoms with Crippen LogP contribution in [0.5, 0.6) is 0 Å². The zero-order chi connectivity index (χ0) is 14.5. The van der Waals surface area contributed by atoms with Gasteiger partial charge in [-0.25, -0.2) is 4.79 Å². The highest BCUT2D eigenvalue weighted by Gasteiger charge is 2.16. The Kier molecular flexibility index (Phi) is 4.31. The van der Waals surface area contributed by atoms with E-state index in [0.717, 1.165) is 11.1 Å². The van der Waals surface area contributed by atoms with Gasteiger partial charge in [-0.2, -0.15) is 0 Å². The minimum Gasteiger partial charge on any atom is -0.462 e. The number of carbonyl (C=O) groups excluding carboxylic acids is 2. The van der Waals surface area contributed by atoms with E-state index in [1.807, 2.05) is 30.3 Å². The van der Waals surface area contributed by atoms with Crippen LogP contribution in [-0.4, -0.2) is 18.4 Å². The highest BCUT2D eigenvalue weighted by atomic mass is 16.5. The summed E-state index contributed by atoms with van der Waals surface area (Å²) in [7, 11) is 0. The molecule has 20 heavy (non-hydrogen) atoms. The molecule has 0 amide bonds. The third-order valence-corrected chi connectivity index (χ3v) is 3.02. The molecule has 2 rings (SSSR count). The third-order valence-electron chi connectivity index (χ3n) is 3.02. The van der Waals surface area contributed by atoms with Gasteiger partial charge in [-0.1, -0.05) is 42.5 Å².